The molecule has 17 heavy (non-hydrogen) atoms. The van der Waals surface area contributed by atoms with E-state index >= 15 is 0 Å². The number of hydrogen-bond donors (Lipinski definition) is 1. The molecule has 88 valence electrons. The number of ether oxygens (including phenoxy) is 1. The summed E-state index contributed by atoms with van der Waals surface area (Å²) in [5.41, 5.74) is 7.12. The van der Waals surface area contributed by atoms with Crippen molar-refractivity contribution in [2.45, 2.75) is 13.0 Å². The van der Waals surface area contributed by atoms with Crippen molar-refractivity contribution in [2.75, 3.05) is 0 Å². The number of benzene rings is 1. The fourth-order valence-electron chi connectivity index (χ4n) is 1.54. The summed E-state index contributed by atoms with van der Waals surface area (Å²) in [7, 11) is 0. The highest BCUT2D eigenvalue weighted by Gasteiger charge is 2.09. The third-order valence-electron chi connectivity index (χ3n) is 2.35. The van der Waals surface area contributed by atoms with E-state index in [-0.39, 0.29) is 12.0 Å². The van der Waals surface area contributed by atoms with Crippen LogP contribution in [0.4, 0.5) is 0 Å². The minimum atomic E-state index is -0.319. The highest BCUT2D eigenvalue weighted by Crippen LogP contribution is 2.25. The minimum absolute atomic E-state index is 0.124. The van der Waals surface area contributed by atoms with Crippen molar-refractivity contribution in [3.8, 4) is 5.75 Å². The van der Waals surface area contributed by atoms with Gasteiger partial charge in [0.05, 0.1) is 6.04 Å². The molecule has 0 aliphatic rings. The third-order valence-corrected chi connectivity index (χ3v) is 3.31. The van der Waals surface area contributed by atoms with Crippen LogP contribution in [0.1, 0.15) is 23.4 Å². The molecular formula is C13H13NO2S. The number of esters is 1. The van der Waals surface area contributed by atoms with Crippen LogP contribution in [0.25, 0.3) is 0 Å². The molecular weight excluding hydrogens is 234 g/mol. The van der Waals surface area contributed by atoms with Crippen LogP contribution in [0.3, 0.4) is 0 Å². The summed E-state index contributed by atoms with van der Waals surface area (Å²) >= 11 is 1.63. The lowest BCUT2D eigenvalue weighted by Crippen LogP contribution is -2.10. The Morgan fingerprint density at radius 2 is 2.00 bits per heavy atom. The van der Waals surface area contributed by atoms with Crippen LogP contribution in [-0.4, -0.2) is 5.97 Å². The molecule has 0 aliphatic carbocycles. The number of nitrogens with two attached hydrogens (primary N) is 1. The summed E-state index contributed by atoms with van der Waals surface area (Å²) in [6.07, 6.45) is 0. The molecule has 0 aliphatic heterocycles. The molecule has 2 rings (SSSR count). The van der Waals surface area contributed by atoms with E-state index in [1.807, 2.05) is 29.6 Å². The molecule has 4 heteroatoms. The summed E-state index contributed by atoms with van der Waals surface area (Å²) in [4.78, 5) is 11.9. The zero-order valence-electron chi connectivity index (χ0n) is 9.42. The number of carbonyl (C=O) groups excluding carboxylic acids is 1. The Morgan fingerprint density at radius 1 is 1.29 bits per heavy atom. The van der Waals surface area contributed by atoms with Crippen molar-refractivity contribution in [2.24, 2.45) is 5.73 Å². The summed E-state index contributed by atoms with van der Waals surface area (Å²) in [6, 6.07) is 11.1. The lowest BCUT2D eigenvalue weighted by atomic mass is 10.1. The molecule has 2 N–H and O–H groups in total. The molecule has 0 saturated carbocycles. The van der Waals surface area contributed by atoms with Crippen LogP contribution in [0.5, 0.6) is 5.75 Å². The van der Waals surface area contributed by atoms with Gasteiger partial charge in [-0.05, 0) is 29.1 Å². The van der Waals surface area contributed by atoms with Crippen molar-refractivity contribution < 1.29 is 9.53 Å². The zero-order chi connectivity index (χ0) is 12.3. The van der Waals surface area contributed by atoms with E-state index in [0.29, 0.717) is 5.75 Å². The summed E-state index contributed by atoms with van der Waals surface area (Å²) in [6.45, 7) is 1.38. The quantitative estimate of drug-likeness (QED) is 0.670. The second-order valence-electron chi connectivity index (χ2n) is 3.66. The number of thiophene rings is 1. The number of hydrogen-bond acceptors (Lipinski definition) is 4. The van der Waals surface area contributed by atoms with Gasteiger partial charge in [-0.3, -0.25) is 4.79 Å². The maximum absolute atomic E-state index is 10.8. The molecule has 3 nitrogen and oxygen atoms in total. The van der Waals surface area contributed by atoms with E-state index in [2.05, 4.69) is 0 Å². The van der Waals surface area contributed by atoms with Crippen molar-refractivity contribution in [1.82, 2.24) is 0 Å². The number of rotatable bonds is 3. The van der Waals surface area contributed by atoms with Crippen molar-refractivity contribution in [3.63, 3.8) is 0 Å². The van der Waals surface area contributed by atoms with Gasteiger partial charge in [-0.1, -0.05) is 18.2 Å². The van der Waals surface area contributed by atoms with Gasteiger partial charge in [-0.2, -0.15) is 0 Å². The largest absolute Gasteiger partial charge is 0.427 e. The highest BCUT2D eigenvalue weighted by molar-refractivity contribution is 7.10. The Labute approximate surface area is 104 Å². The van der Waals surface area contributed by atoms with E-state index in [0.717, 1.165) is 10.4 Å². The Balaban J connectivity index is 2.15. The fourth-order valence-corrected chi connectivity index (χ4v) is 2.30. The molecule has 0 amide bonds. The van der Waals surface area contributed by atoms with Gasteiger partial charge in [0.25, 0.3) is 0 Å². The van der Waals surface area contributed by atoms with Crippen LogP contribution in [0.15, 0.2) is 41.8 Å². The van der Waals surface area contributed by atoms with Crippen molar-refractivity contribution >= 4 is 17.3 Å². The normalized spacial score (nSPS) is 12.1. The van der Waals surface area contributed by atoms with Crippen LogP contribution in [-0.2, 0) is 4.79 Å². The predicted octanol–water partition coefficient (Wildman–Crippen LogP) is 2.72. The van der Waals surface area contributed by atoms with E-state index in [1.165, 1.54) is 6.92 Å². The Hall–Kier alpha value is -1.65. The second-order valence-corrected chi connectivity index (χ2v) is 4.64. The van der Waals surface area contributed by atoms with Gasteiger partial charge in [0, 0.05) is 11.8 Å². The average molecular weight is 247 g/mol. The van der Waals surface area contributed by atoms with Gasteiger partial charge in [0.15, 0.2) is 0 Å². The number of carbonyl (C=O) groups is 1. The zero-order valence-corrected chi connectivity index (χ0v) is 10.2. The molecule has 1 heterocycles. The summed E-state index contributed by atoms with van der Waals surface area (Å²) in [5.74, 6) is 0.222. The highest BCUT2D eigenvalue weighted by atomic mass is 32.1. The van der Waals surface area contributed by atoms with Crippen LogP contribution < -0.4 is 10.5 Å². The molecule has 0 unspecified atom stereocenters. The first-order valence-corrected chi connectivity index (χ1v) is 6.12. The molecule has 0 radical (unpaired) electrons. The lowest BCUT2D eigenvalue weighted by molar-refractivity contribution is -0.131. The first-order valence-electron chi connectivity index (χ1n) is 5.24. The molecule has 0 fully saturated rings. The standard InChI is InChI=1S/C13H13NO2S/c1-9(15)16-11-6-4-10(5-7-11)13(14)12-3-2-8-17-12/h2-8,13H,14H2,1H3/t13-/m0/s1. The van der Waals surface area contributed by atoms with Gasteiger partial charge < -0.3 is 10.5 Å². The van der Waals surface area contributed by atoms with Gasteiger partial charge in [-0.15, -0.1) is 11.3 Å². The van der Waals surface area contributed by atoms with Crippen molar-refractivity contribution in [3.05, 3.63) is 52.2 Å². The van der Waals surface area contributed by atoms with E-state index < -0.39 is 0 Å². The van der Waals surface area contributed by atoms with Crippen molar-refractivity contribution in [1.29, 1.82) is 0 Å². The summed E-state index contributed by atoms with van der Waals surface area (Å²) < 4.78 is 4.96. The van der Waals surface area contributed by atoms with Gasteiger partial charge in [0.1, 0.15) is 5.75 Å². The molecule has 0 spiro atoms. The first kappa shape index (κ1) is 11.8. The maximum atomic E-state index is 10.8. The van der Waals surface area contributed by atoms with Crippen LogP contribution in [0, 0.1) is 0 Å². The smallest absolute Gasteiger partial charge is 0.308 e. The monoisotopic (exact) mass is 247 g/mol. The molecule has 0 bridgehead atoms. The molecule has 1 aromatic heterocycles. The maximum Gasteiger partial charge on any atom is 0.308 e. The molecule has 2 aromatic rings. The van der Waals surface area contributed by atoms with Gasteiger partial charge in [-0.25, -0.2) is 0 Å². The SMILES string of the molecule is CC(=O)Oc1ccc([C@H](N)c2cccs2)cc1. The first-order chi connectivity index (χ1) is 8.16. The lowest BCUT2D eigenvalue weighted by Gasteiger charge is -2.10. The van der Waals surface area contributed by atoms with Crippen LogP contribution >= 0.6 is 11.3 Å². The molecule has 1 aromatic carbocycles. The Morgan fingerprint density at radius 3 is 2.53 bits per heavy atom. The molecule has 1 atom stereocenters. The summed E-state index contributed by atoms with van der Waals surface area (Å²) in [5, 5.41) is 2.00. The Bertz CT molecular complexity index is 491. The third kappa shape index (κ3) is 2.93. The second kappa shape index (κ2) is 5.12. The molecule has 0 saturated heterocycles. The topological polar surface area (TPSA) is 52.3 Å². The van der Waals surface area contributed by atoms with Crippen LogP contribution in [0.2, 0.25) is 0 Å². The van der Waals surface area contributed by atoms with E-state index in [9.17, 15) is 4.79 Å². The average Bonchev–Trinajstić information content (AvgIpc) is 2.82. The predicted molar refractivity (Wildman–Crippen MR) is 68.1 cm³/mol. The van der Waals surface area contributed by atoms with E-state index in [1.54, 1.807) is 23.5 Å². The minimum Gasteiger partial charge on any atom is -0.427 e. The van der Waals surface area contributed by atoms with Gasteiger partial charge >= 0.3 is 5.97 Å². The van der Waals surface area contributed by atoms with E-state index in [4.69, 9.17) is 10.5 Å². The fraction of sp³-hybridized carbons (Fsp3) is 0.154. The Kier molecular flexibility index (Phi) is 3.56. The van der Waals surface area contributed by atoms with Gasteiger partial charge in [0.2, 0.25) is 0 Å².